The Balaban J connectivity index is 1.57. The van der Waals surface area contributed by atoms with E-state index in [0.717, 1.165) is 18.9 Å². The minimum atomic E-state index is 0.0256. The van der Waals surface area contributed by atoms with E-state index in [-0.39, 0.29) is 12.1 Å². The molecule has 1 N–H and O–H groups in total. The molecule has 2 amide bonds. The van der Waals surface area contributed by atoms with Crippen LogP contribution in [0.2, 0.25) is 0 Å². The Hall–Kier alpha value is -1.07. The predicted molar refractivity (Wildman–Crippen MR) is 98.0 cm³/mol. The number of likely N-dealkylation sites (tertiary alicyclic amines) is 1. The van der Waals surface area contributed by atoms with Crippen LogP contribution in [0, 0.1) is 5.92 Å². The molecule has 5 heteroatoms. The van der Waals surface area contributed by atoms with Gasteiger partial charge in [-0.05, 0) is 69.6 Å². The predicted octanol–water partition coefficient (Wildman–Crippen LogP) is 3.96. The molecule has 0 aliphatic carbocycles. The maximum Gasteiger partial charge on any atom is 0.317 e. The molecule has 1 aromatic rings. The minimum Gasteiger partial charge on any atom is -0.338 e. The molecule has 1 aliphatic rings. The molecule has 2 rings (SSSR count). The van der Waals surface area contributed by atoms with Crippen molar-refractivity contribution in [3.8, 4) is 0 Å². The molecular weight excluding hydrogens is 306 g/mol. The highest BCUT2D eigenvalue weighted by molar-refractivity contribution is 7.10. The average Bonchev–Trinajstić information content (AvgIpc) is 3.09. The smallest absolute Gasteiger partial charge is 0.317 e. The first-order valence-electron chi connectivity index (χ1n) is 8.84. The summed E-state index contributed by atoms with van der Waals surface area (Å²) in [5, 5.41) is 5.10. The zero-order valence-electron chi connectivity index (χ0n) is 14.8. The van der Waals surface area contributed by atoms with E-state index in [9.17, 15) is 4.79 Å². The van der Waals surface area contributed by atoms with Crippen molar-refractivity contribution in [2.45, 2.75) is 45.6 Å². The maximum absolute atomic E-state index is 12.2. The molecule has 0 bridgehead atoms. The lowest BCUT2D eigenvalue weighted by Gasteiger charge is -2.30. The highest BCUT2D eigenvalue weighted by Crippen LogP contribution is 2.23. The van der Waals surface area contributed by atoms with Crippen molar-refractivity contribution in [3.05, 3.63) is 22.4 Å². The van der Waals surface area contributed by atoms with Crippen molar-refractivity contribution < 1.29 is 4.79 Å². The van der Waals surface area contributed by atoms with Crippen LogP contribution >= 0.6 is 11.3 Å². The molecule has 2 heterocycles. The summed E-state index contributed by atoms with van der Waals surface area (Å²) in [5.41, 5.74) is 0. The van der Waals surface area contributed by atoms with Crippen molar-refractivity contribution in [1.29, 1.82) is 0 Å². The topological polar surface area (TPSA) is 35.6 Å². The SMILES string of the molecule is CC1CCN(CCCCNC(=O)N(C)C(C)c2cccs2)CC1. The zero-order chi connectivity index (χ0) is 16.7. The molecule has 0 radical (unpaired) electrons. The van der Waals surface area contributed by atoms with Crippen LogP contribution in [0.1, 0.15) is 50.4 Å². The fraction of sp³-hybridized carbons (Fsp3) is 0.722. The normalized spacial score (nSPS) is 17.9. The summed E-state index contributed by atoms with van der Waals surface area (Å²) in [5.74, 6) is 0.895. The van der Waals surface area contributed by atoms with Crippen LogP contribution in [-0.2, 0) is 0 Å². The molecule has 130 valence electrons. The number of urea groups is 1. The first kappa shape index (κ1) is 18.3. The average molecular weight is 338 g/mol. The molecule has 1 aromatic heterocycles. The number of unbranched alkanes of at least 4 members (excludes halogenated alkanes) is 1. The molecule has 4 nitrogen and oxygen atoms in total. The lowest BCUT2D eigenvalue weighted by atomic mass is 9.99. The van der Waals surface area contributed by atoms with Gasteiger partial charge < -0.3 is 15.1 Å². The summed E-state index contributed by atoms with van der Waals surface area (Å²) in [6, 6.07) is 4.27. The van der Waals surface area contributed by atoms with Crippen LogP contribution in [0.4, 0.5) is 4.79 Å². The van der Waals surface area contributed by atoms with Crippen molar-refractivity contribution in [2.24, 2.45) is 5.92 Å². The third-order valence-electron chi connectivity index (χ3n) is 4.91. The quantitative estimate of drug-likeness (QED) is 0.764. The highest BCUT2D eigenvalue weighted by atomic mass is 32.1. The van der Waals surface area contributed by atoms with Gasteiger partial charge in [0.25, 0.3) is 0 Å². The van der Waals surface area contributed by atoms with Crippen LogP contribution in [0.15, 0.2) is 17.5 Å². The van der Waals surface area contributed by atoms with Crippen LogP contribution < -0.4 is 5.32 Å². The van der Waals surface area contributed by atoms with Gasteiger partial charge in [-0.15, -0.1) is 11.3 Å². The Morgan fingerprint density at radius 1 is 1.43 bits per heavy atom. The van der Waals surface area contributed by atoms with E-state index in [1.807, 2.05) is 13.1 Å². The second-order valence-electron chi connectivity index (χ2n) is 6.77. The van der Waals surface area contributed by atoms with E-state index < -0.39 is 0 Å². The lowest BCUT2D eigenvalue weighted by molar-refractivity contribution is 0.186. The minimum absolute atomic E-state index is 0.0256. The van der Waals surface area contributed by atoms with E-state index >= 15 is 0 Å². The van der Waals surface area contributed by atoms with Gasteiger partial charge in [0.2, 0.25) is 0 Å². The third kappa shape index (κ3) is 5.81. The Morgan fingerprint density at radius 3 is 2.83 bits per heavy atom. The Kier molecular flexibility index (Phi) is 7.37. The number of rotatable bonds is 7. The number of hydrogen-bond acceptors (Lipinski definition) is 3. The molecule has 1 atom stereocenters. The van der Waals surface area contributed by atoms with Crippen LogP contribution in [0.5, 0.6) is 0 Å². The Labute approximate surface area is 144 Å². The highest BCUT2D eigenvalue weighted by Gasteiger charge is 2.18. The van der Waals surface area contributed by atoms with E-state index in [1.54, 1.807) is 16.2 Å². The number of thiophene rings is 1. The summed E-state index contributed by atoms with van der Waals surface area (Å²) in [6.45, 7) is 8.85. The maximum atomic E-state index is 12.2. The molecule has 1 saturated heterocycles. The monoisotopic (exact) mass is 337 g/mol. The number of carbonyl (C=O) groups excluding carboxylic acids is 1. The molecule has 0 spiro atoms. The van der Waals surface area contributed by atoms with E-state index in [1.165, 1.54) is 43.8 Å². The fourth-order valence-electron chi connectivity index (χ4n) is 2.96. The van der Waals surface area contributed by atoms with Gasteiger partial charge in [-0.25, -0.2) is 4.79 Å². The molecule has 0 saturated carbocycles. The number of amides is 2. The Bertz CT molecular complexity index is 455. The largest absolute Gasteiger partial charge is 0.338 e. The second-order valence-corrected chi connectivity index (χ2v) is 7.74. The van der Waals surface area contributed by atoms with E-state index in [4.69, 9.17) is 0 Å². The third-order valence-corrected chi connectivity index (χ3v) is 5.95. The number of hydrogen-bond donors (Lipinski definition) is 1. The van der Waals surface area contributed by atoms with Gasteiger partial charge in [-0.3, -0.25) is 0 Å². The van der Waals surface area contributed by atoms with Crippen molar-refractivity contribution in [2.75, 3.05) is 33.2 Å². The standard InChI is InChI=1S/C18H31N3OS/c1-15-8-12-21(13-9-15)11-5-4-10-19-18(22)20(3)16(2)17-7-6-14-23-17/h6-7,14-16H,4-5,8-13H2,1-3H3,(H,19,22). The second kappa shape index (κ2) is 9.28. The molecule has 1 fully saturated rings. The summed E-state index contributed by atoms with van der Waals surface area (Å²) < 4.78 is 0. The van der Waals surface area contributed by atoms with Gasteiger partial charge in [0, 0.05) is 18.5 Å². The summed E-state index contributed by atoms with van der Waals surface area (Å²) >= 11 is 1.70. The van der Waals surface area contributed by atoms with Gasteiger partial charge >= 0.3 is 6.03 Å². The first-order chi connectivity index (χ1) is 11.1. The molecule has 1 aliphatic heterocycles. The lowest BCUT2D eigenvalue weighted by Crippen LogP contribution is -2.39. The fourth-order valence-corrected chi connectivity index (χ4v) is 3.79. The van der Waals surface area contributed by atoms with Crippen LogP contribution in [0.3, 0.4) is 0 Å². The number of piperidine rings is 1. The van der Waals surface area contributed by atoms with Gasteiger partial charge in [-0.1, -0.05) is 13.0 Å². The molecule has 1 unspecified atom stereocenters. The summed E-state index contributed by atoms with van der Waals surface area (Å²) in [4.78, 5) is 17.8. The van der Waals surface area contributed by atoms with Gasteiger partial charge in [0.15, 0.2) is 0 Å². The Morgan fingerprint density at radius 2 is 2.17 bits per heavy atom. The summed E-state index contributed by atoms with van der Waals surface area (Å²) in [7, 11) is 1.87. The van der Waals surface area contributed by atoms with E-state index in [2.05, 4.69) is 35.5 Å². The number of carbonyl (C=O) groups is 1. The van der Waals surface area contributed by atoms with Crippen molar-refractivity contribution in [3.63, 3.8) is 0 Å². The van der Waals surface area contributed by atoms with Crippen LogP contribution in [0.25, 0.3) is 0 Å². The first-order valence-corrected chi connectivity index (χ1v) is 9.72. The van der Waals surface area contributed by atoms with Gasteiger partial charge in [0.1, 0.15) is 0 Å². The van der Waals surface area contributed by atoms with E-state index in [0.29, 0.717) is 0 Å². The van der Waals surface area contributed by atoms with Gasteiger partial charge in [0.05, 0.1) is 6.04 Å². The van der Waals surface area contributed by atoms with Gasteiger partial charge in [-0.2, -0.15) is 0 Å². The van der Waals surface area contributed by atoms with Crippen LogP contribution in [-0.4, -0.2) is 49.1 Å². The zero-order valence-corrected chi connectivity index (χ0v) is 15.6. The number of nitrogens with one attached hydrogen (secondary N) is 1. The van der Waals surface area contributed by atoms with Crippen molar-refractivity contribution >= 4 is 17.4 Å². The molecular formula is C18H31N3OS. The molecule has 0 aromatic carbocycles. The molecule has 23 heavy (non-hydrogen) atoms. The number of nitrogens with zero attached hydrogens (tertiary/aromatic N) is 2. The summed E-state index contributed by atoms with van der Waals surface area (Å²) in [6.07, 6.45) is 4.89. The van der Waals surface area contributed by atoms with Crippen molar-refractivity contribution in [1.82, 2.24) is 15.1 Å².